The van der Waals surface area contributed by atoms with Gasteiger partial charge in [-0.15, -0.1) is 12.3 Å². The summed E-state index contributed by atoms with van der Waals surface area (Å²) in [7, 11) is 3.15. The van der Waals surface area contributed by atoms with Gasteiger partial charge < -0.3 is 20.5 Å². The summed E-state index contributed by atoms with van der Waals surface area (Å²) in [5.41, 5.74) is 6.48. The fraction of sp³-hybridized carbons (Fsp3) is 0.400. The first-order chi connectivity index (χ1) is 9.53. The number of hydrogen-bond acceptors (Lipinski definition) is 4. The highest BCUT2D eigenvalue weighted by molar-refractivity contribution is 5.82. The van der Waals surface area contributed by atoms with Crippen molar-refractivity contribution in [2.24, 2.45) is 5.73 Å². The molecule has 0 saturated heterocycles. The minimum Gasteiger partial charge on any atom is -0.497 e. The molecule has 5 heteroatoms. The molecule has 1 aromatic rings. The van der Waals surface area contributed by atoms with Crippen molar-refractivity contribution in [2.45, 2.75) is 25.4 Å². The van der Waals surface area contributed by atoms with Crippen LogP contribution < -0.4 is 20.5 Å². The van der Waals surface area contributed by atoms with Crippen LogP contribution in [-0.2, 0) is 4.79 Å². The lowest BCUT2D eigenvalue weighted by Gasteiger charge is -2.19. The van der Waals surface area contributed by atoms with Gasteiger partial charge in [0.15, 0.2) is 0 Å². The third-order valence-electron chi connectivity index (χ3n) is 2.94. The smallest absolute Gasteiger partial charge is 0.238 e. The molecule has 3 N–H and O–H groups in total. The summed E-state index contributed by atoms with van der Waals surface area (Å²) < 4.78 is 10.5. The van der Waals surface area contributed by atoms with Gasteiger partial charge in [0, 0.05) is 12.0 Å². The van der Waals surface area contributed by atoms with Gasteiger partial charge in [0.25, 0.3) is 0 Å². The lowest BCUT2D eigenvalue weighted by molar-refractivity contribution is -0.122. The first kappa shape index (κ1) is 15.9. The monoisotopic (exact) mass is 276 g/mol. The fourth-order valence-electron chi connectivity index (χ4n) is 1.80. The van der Waals surface area contributed by atoms with Crippen LogP contribution in [0.5, 0.6) is 11.5 Å². The first-order valence-corrected chi connectivity index (χ1v) is 6.24. The van der Waals surface area contributed by atoms with Crippen LogP contribution in [0, 0.1) is 12.3 Å². The number of methoxy groups -OCH3 is 2. The summed E-state index contributed by atoms with van der Waals surface area (Å²) in [6.45, 7) is 1.85. The summed E-state index contributed by atoms with van der Waals surface area (Å²) in [6, 6.07) is 4.42. The summed E-state index contributed by atoms with van der Waals surface area (Å²) in [5, 5.41) is 2.81. The zero-order chi connectivity index (χ0) is 15.1. The van der Waals surface area contributed by atoms with Crippen molar-refractivity contribution < 1.29 is 14.3 Å². The Morgan fingerprint density at radius 3 is 2.70 bits per heavy atom. The second kappa shape index (κ2) is 7.41. The predicted octanol–water partition coefficient (Wildman–Crippen LogP) is 1.23. The molecule has 0 radical (unpaired) electrons. The van der Waals surface area contributed by atoms with Crippen molar-refractivity contribution in [3.63, 3.8) is 0 Å². The van der Waals surface area contributed by atoms with Gasteiger partial charge in [0.2, 0.25) is 5.91 Å². The minimum atomic E-state index is -0.709. The number of carbonyl (C=O) groups is 1. The van der Waals surface area contributed by atoms with E-state index in [0.717, 1.165) is 5.56 Å². The lowest BCUT2D eigenvalue weighted by Crippen LogP contribution is -2.41. The molecule has 0 spiro atoms. The summed E-state index contributed by atoms with van der Waals surface area (Å²) >= 11 is 0. The second-order valence-corrected chi connectivity index (χ2v) is 4.35. The van der Waals surface area contributed by atoms with E-state index in [9.17, 15) is 4.79 Å². The molecule has 0 heterocycles. The Bertz CT molecular complexity index is 508. The third kappa shape index (κ3) is 3.90. The van der Waals surface area contributed by atoms with Gasteiger partial charge in [0.1, 0.15) is 11.5 Å². The van der Waals surface area contributed by atoms with Gasteiger partial charge in [-0.25, -0.2) is 0 Å². The maximum Gasteiger partial charge on any atom is 0.238 e. The predicted molar refractivity (Wildman–Crippen MR) is 77.5 cm³/mol. The largest absolute Gasteiger partial charge is 0.497 e. The van der Waals surface area contributed by atoms with Gasteiger partial charge in [-0.1, -0.05) is 0 Å². The zero-order valence-electron chi connectivity index (χ0n) is 12.0. The Balaban J connectivity index is 2.88. The number of hydrogen-bond donors (Lipinski definition) is 2. The molecule has 0 aliphatic rings. The van der Waals surface area contributed by atoms with Gasteiger partial charge in [-0.2, -0.15) is 0 Å². The lowest BCUT2D eigenvalue weighted by atomic mass is 10.1. The number of nitrogens with two attached hydrogens (primary N) is 1. The highest BCUT2D eigenvalue weighted by atomic mass is 16.5. The van der Waals surface area contributed by atoms with Crippen LogP contribution in [0.2, 0.25) is 0 Å². The quantitative estimate of drug-likeness (QED) is 0.766. The van der Waals surface area contributed by atoms with E-state index < -0.39 is 6.04 Å². The standard InChI is InChI=1S/C15H20N2O3/c1-5-6-13(16)15(18)17-10(2)12-9-11(19-3)7-8-14(12)20-4/h1,7-10,13H,6,16H2,2-4H3,(H,17,18). The number of benzene rings is 1. The van der Waals surface area contributed by atoms with Crippen molar-refractivity contribution in [2.75, 3.05) is 14.2 Å². The van der Waals surface area contributed by atoms with Crippen LogP contribution in [0.25, 0.3) is 0 Å². The molecule has 2 unspecified atom stereocenters. The Morgan fingerprint density at radius 2 is 2.15 bits per heavy atom. The Morgan fingerprint density at radius 1 is 1.45 bits per heavy atom. The molecule has 1 amide bonds. The molecular weight excluding hydrogens is 256 g/mol. The molecule has 0 aliphatic carbocycles. The number of nitrogens with one attached hydrogen (secondary N) is 1. The van der Waals surface area contributed by atoms with Crippen LogP contribution in [0.15, 0.2) is 18.2 Å². The van der Waals surface area contributed by atoms with Crippen molar-refractivity contribution in [1.82, 2.24) is 5.32 Å². The van der Waals surface area contributed by atoms with Crippen molar-refractivity contribution in [3.05, 3.63) is 23.8 Å². The van der Waals surface area contributed by atoms with E-state index in [1.54, 1.807) is 26.4 Å². The second-order valence-electron chi connectivity index (χ2n) is 4.35. The van der Waals surface area contributed by atoms with Crippen LogP contribution in [0.3, 0.4) is 0 Å². The minimum absolute atomic E-state index is 0.202. The topological polar surface area (TPSA) is 73.6 Å². The molecule has 5 nitrogen and oxygen atoms in total. The molecule has 0 aromatic heterocycles. The number of carbonyl (C=O) groups excluding carboxylic acids is 1. The van der Waals surface area contributed by atoms with E-state index in [2.05, 4.69) is 11.2 Å². The molecular formula is C15H20N2O3. The molecule has 1 rings (SSSR count). The van der Waals surface area contributed by atoms with E-state index in [4.69, 9.17) is 21.6 Å². The van der Waals surface area contributed by atoms with Crippen LogP contribution in [0.4, 0.5) is 0 Å². The van der Waals surface area contributed by atoms with E-state index in [0.29, 0.717) is 11.5 Å². The molecule has 1 aromatic carbocycles. The van der Waals surface area contributed by atoms with E-state index in [1.165, 1.54) is 0 Å². The van der Waals surface area contributed by atoms with E-state index in [1.807, 2.05) is 13.0 Å². The Kier molecular flexibility index (Phi) is 5.88. The first-order valence-electron chi connectivity index (χ1n) is 6.24. The maximum absolute atomic E-state index is 11.9. The molecule has 0 fully saturated rings. The number of amides is 1. The van der Waals surface area contributed by atoms with Gasteiger partial charge in [-0.3, -0.25) is 4.79 Å². The van der Waals surface area contributed by atoms with Crippen LogP contribution >= 0.6 is 0 Å². The number of ether oxygens (including phenoxy) is 2. The van der Waals surface area contributed by atoms with Crippen molar-refractivity contribution in [3.8, 4) is 23.8 Å². The number of terminal acetylenes is 1. The summed E-state index contributed by atoms with van der Waals surface area (Å²) in [5.74, 6) is 3.44. The average Bonchev–Trinajstić information content (AvgIpc) is 2.46. The molecule has 108 valence electrons. The van der Waals surface area contributed by atoms with Crippen LogP contribution in [0.1, 0.15) is 24.9 Å². The zero-order valence-corrected chi connectivity index (χ0v) is 12.0. The third-order valence-corrected chi connectivity index (χ3v) is 2.94. The molecule has 2 atom stereocenters. The molecule has 0 saturated carbocycles. The number of rotatable bonds is 6. The Labute approximate surface area is 119 Å². The normalized spacial score (nSPS) is 12.9. The maximum atomic E-state index is 11.9. The molecule has 0 aliphatic heterocycles. The fourth-order valence-corrected chi connectivity index (χ4v) is 1.80. The highest BCUT2D eigenvalue weighted by Crippen LogP contribution is 2.29. The summed E-state index contributed by atoms with van der Waals surface area (Å²) in [4.78, 5) is 11.9. The molecule has 20 heavy (non-hydrogen) atoms. The van der Waals surface area contributed by atoms with Gasteiger partial charge >= 0.3 is 0 Å². The Hall–Kier alpha value is -2.19. The highest BCUT2D eigenvalue weighted by Gasteiger charge is 2.18. The van der Waals surface area contributed by atoms with E-state index >= 15 is 0 Å². The van der Waals surface area contributed by atoms with Crippen molar-refractivity contribution in [1.29, 1.82) is 0 Å². The van der Waals surface area contributed by atoms with Gasteiger partial charge in [-0.05, 0) is 25.1 Å². The van der Waals surface area contributed by atoms with Crippen LogP contribution in [-0.4, -0.2) is 26.2 Å². The van der Waals surface area contributed by atoms with E-state index in [-0.39, 0.29) is 18.4 Å². The van der Waals surface area contributed by atoms with Crippen molar-refractivity contribution >= 4 is 5.91 Å². The average molecular weight is 276 g/mol. The molecule has 0 bridgehead atoms. The SMILES string of the molecule is C#CCC(N)C(=O)NC(C)c1cc(OC)ccc1OC. The summed E-state index contributed by atoms with van der Waals surface area (Å²) in [6.07, 6.45) is 5.35. The van der Waals surface area contributed by atoms with Gasteiger partial charge in [0.05, 0.1) is 26.3 Å².